The number of furan rings is 1. The second kappa shape index (κ2) is 53.9. The average Bonchev–Trinajstić information content (AvgIpc) is 1.65. The Morgan fingerprint density at radius 2 is 0.933 bits per heavy atom. The minimum absolute atomic E-state index is 0.0146. The zero-order valence-electron chi connectivity index (χ0n) is 69.2. The minimum Gasteiger partial charge on any atom is -0.465 e. The summed E-state index contributed by atoms with van der Waals surface area (Å²) in [5.74, 6) is 2.38. The van der Waals surface area contributed by atoms with Crippen LogP contribution in [-0.4, -0.2) is 29.4 Å². The summed E-state index contributed by atoms with van der Waals surface area (Å²) >= 11 is 1.93. The summed E-state index contributed by atoms with van der Waals surface area (Å²) in [6.07, 6.45) is 6.82. The van der Waals surface area contributed by atoms with E-state index in [0.717, 1.165) is 49.0 Å². The molecular weight excluding hydrogens is 1310 g/mol. The number of benzene rings is 9. The van der Waals surface area contributed by atoms with Crippen molar-refractivity contribution in [3.05, 3.63) is 241 Å². The first-order valence-corrected chi connectivity index (χ1v) is 40.4. The highest BCUT2D eigenvalue weighted by Gasteiger charge is 2.27. The van der Waals surface area contributed by atoms with Gasteiger partial charge in [-0.25, -0.2) is 0 Å². The van der Waals surface area contributed by atoms with Gasteiger partial charge >= 0.3 is 11.9 Å². The van der Waals surface area contributed by atoms with E-state index < -0.39 is 5.41 Å². The van der Waals surface area contributed by atoms with Crippen molar-refractivity contribution >= 4 is 98.8 Å². The molecule has 0 saturated carbocycles. The number of nitrogens with one attached hydrogen (secondary N) is 2. The minimum atomic E-state index is -0.407. The SMILES string of the molecule is CC.CC.CC.CC.CC.CC.CCC(C)(C)C(=O)Oc1ccccc1.CCC(C)C(=O)Nc1ccccc1.CCC(C)C(=O)OCCc1ccccc1.CCC(C)c1ccc2c(c1)oc1ccccc12.CCC(C)c1cccc2[nH]c3ccccc3c12.CCC(C)c1cccc2c1sc1ccccc12. The number of carbonyl (C=O) groups excluding carboxylic acids is 3. The average molecular weight is 1440 g/mol. The van der Waals surface area contributed by atoms with Crippen LogP contribution in [0.5, 0.6) is 5.75 Å². The highest BCUT2D eigenvalue weighted by Crippen LogP contribution is 2.39. The lowest BCUT2D eigenvalue weighted by atomic mass is 9.91. The third-order valence-electron chi connectivity index (χ3n) is 17.9. The molecule has 5 atom stereocenters. The number of carbonyl (C=O) groups is 3. The molecule has 5 unspecified atom stereocenters. The summed E-state index contributed by atoms with van der Waals surface area (Å²) in [6, 6.07) is 74.1. The van der Waals surface area contributed by atoms with Crippen molar-refractivity contribution in [1.29, 1.82) is 0 Å². The number of hydrogen-bond acceptors (Lipinski definition) is 7. The van der Waals surface area contributed by atoms with Crippen LogP contribution in [0.25, 0.3) is 63.9 Å². The lowest BCUT2D eigenvalue weighted by molar-refractivity contribution is -0.148. The smallest absolute Gasteiger partial charge is 0.316 e. The molecule has 1 amide bonds. The van der Waals surface area contributed by atoms with E-state index in [9.17, 15) is 14.4 Å². The maximum absolute atomic E-state index is 11.6. The molecule has 0 aliphatic heterocycles. The molecule has 0 fully saturated rings. The molecule has 0 saturated heterocycles. The molecule has 0 spiro atoms. The Labute approximate surface area is 639 Å². The second-order valence-electron chi connectivity index (χ2n) is 24.9. The molecule has 105 heavy (non-hydrogen) atoms. The molecule has 3 heterocycles. The Morgan fingerprint density at radius 3 is 1.51 bits per heavy atom. The summed E-state index contributed by atoms with van der Waals surface area (Å²) < 4.78 is 19.2. The number of para-hydroxylation sites is 4. The van der Waals surface area contributed by atoms with E-state index in [2.05, 4.69) is 167 Å². The van der Waals surface area contributed by atoms with Crippen molar-refractivity contribution in [2.45, 2.75) is 236 Å². The predicted octanol–water partition coefficient (Wildman–Crippen LogP) is 30.2. The molecule has 8 nitrogen and oxygen atoms in total. The van der Waals surface area contributed by atoms with Gasteiger partial charge in [0.25, 0.3) is 0 Å². The van der Waals surface area contributed by atoms with E-state index in [1.54, 1.807) is 12.1 Å². The van der Waals surface area contributed by atoms with Gasteiger partial charge in [-0.1, -0.05) is 323 Å². The van der Waals surface area contributed by atoms with Crippen LogP contribution < -0.4 is 10.1 Å². The number of fused-ring (bicyclic) bond motifs is 9. The first-order valence-electron chi connectivity index (χ1n) is 39.6. The van der Waals surface area contributed by atoms with E-state index in [1.165, 1.54) is 87.8 Å². The number of anilines is 1. The van der Waals surface area contributed by atoms with Crippen LogP contribution in [0.4, 0.5) is 5.69 Å². The number of thiophene rings is 1. The third-order valence-corrected chi connectivity index (χ3v) is 19.1. The topological polar surface area (TPSA) is 111 Å². The van der Waals surface area contributed by atoms with Gasteiger partial charge in [0.05, 0.1) is 17.9 Å². The lowest BCUT2D eigenvalue weighted by Crippen LogP contribution is -2.28. The van der Waals surface area contributed by atoms with E-state index >= 15 is 0 Å². The molecule has 0 bridgehead atoms. The largest absolute Gasteiger partial charge is 0.465 e. The van der Waals surface area contributed by atoms with Crippen molar-refractivity contribution in [3.63, 3.8) is 0 Å². The van der Waals surface area contributed by atoms with Crippen LogP contribution in [0.2, 0.25) is 0 Å². The van der Waals surface area contributed by atoms with Crippen LogP contribution in [0.15, 0.2) is 223 Å². The van der Waals surface area contributed by atoms with Gasteiger partial charge in [-0.2, -0.15) is 0 Å². The Morgan fingerprint density at radius 1 is 0.457 bits per heavy atom. The van der Waals surface area contributed by atoms with Crippen molar-refractivity contribution in [3.8, 4) is 5.75 Å². The van der Waals surface area contributed by atoms with Gasteiger partial charge in [-0.3, -0.25) is 14.4 Å². The van der Waals surface area contributed by atoms with Crippen LogP contribution in [0.3, 0.4) is 0 Å². The highest BCUT2D eigenvalue weighted by atomic mass is 32.1. The summed E-state index contributed by atoms with van der Waals surface area (Å²) in [4.78, 5) is 37.9. The quantitative estimate of drug-likeness (QED) is 0.0694. The Hall–Kier alpha value is -8.79. The monoisotopic (exact) mass is 1440 g/mol. The van der Waals surface area contributed by atoms with Crippen LogP contribution in [0, 0.1) is 17.3 Å². The third kappa shape index (κ3) is 29.9. The molecule has 12 rings (SSSR count). The van der Waals surface area contributed by atoms with Gasteiger partial charge in [-0.15, -0.1) is 11.3 Å². The van der Waals surface area contributed by atoms with Gasteiger partial charge in [0.15, 0.2) is 0 Å². The van der Waals surface area contributed by atoms with Crippen molar-refractivity contribution in [2.24, 2.45) is 17.3 Å². The summed E-state index contributed by atoms with van der Waals surface area (Å²) in [5, 5.41) is 10.8. The molecule has 0 radical (unpaired) electrons. The number of hydrogen-bond donors (Lipinski definition) is 2. The Kier molecular flexibility index (Phi) is 48.4. The Balaban J connectivity index is 0.000000613. The number of ether oxygens (including phenoxy) is 2. The zero-order chi connectivity index (χ0) is 78.9. The molecule has 570 valence electrons. The second-order valence-corrected chi connectivity index (χ2v) is 25.9. The summed E-state index contributed by atoms with van der Waals surface area (Å²) in [5.41, 5.74) is 10.5. The molecule has 12 aromatic rings. The van der Waals surface area contributed by atoms with Crippen LogP contribution in [0.1, 0.15) is 252 Å². The number of esters is 2. The van der Waals surface area contributed by atoms with Gasteiger partial charge in [0.1, 0.15) is 16.9 Å². The Bertz CT molecular complexity index is 4230. The van der Waals surface area contributed by atoms with Crippen molar-refractivity contribution in [1.82, 2.24) is 4.98 Å². The highest BCUT2D eigenvalue weighted by molar-refractivity contribution is 7.26. The maximum atomic E-state index is 11.6. The van der Waals surface area contributed by atoms with Crippen molar-refractivity contribution in [2.75, 3.05) is 11.9 Å². The number of rotatable bonds is 17. The molecular formula is C96H134N2O6S. The number of amides is 1. The van der Waals surface area contributed by atoms with Gasteiger partial charge in [-0.05, 0) is 147 Å². The van der Waals surface area contributed by atoms with Crippen LogP contribution >= 0.6 is 11.3 Å². The zero-order valence-corrected chi connectivity index (χ0v) is 70.0. The molecule has 3 aromatic heterocycles. The first kappa shape index (κ1) is 94.2. The van der Waals surface area contributed by atoms with E-state index in [-0.39, 0.29) is 29.7 Å². The number of H-pyrrole nitrogens is 1. The first-order chi connectivity index (χ1) is 50.9. The summed E-state index contributed by atoms with van der Waals surface area (Å²) in [7, 11) is 0. The molecule has 0 aliphatic carbocycles. The molecule has 9 heteroatoms. The normalized spacial score (nSPS) is 11.5. The standard InChI is InChI=1S/C16H17N.C16H16O.C16H16S.C13H18O2.C12H16O2.C11H15NO.6C2H6/c1-3-11(2)12-8-6-10-15-16(12)13-7-4-5-9-14(13)17-15;1-3-11(2)12-8-9-14-13-6-4-5-7-15(13)17-16(14)10-12;1-3-11(2)12-8-6-9-14-13-7-4-5-10-15(13)17-16(12)14;1-3-11(2)13(14)15-10-9-12-7-5-4-6-8-12;1-4-12(2,3)11(13)14-10-8-6-5-7-9-10;1-3-9(2)11(13)12-10-7-5-4-6-8-10;6*1-2/h4-11,17H,3H2,1-2H3;2*4-11H,3H2,1-2H3;4-8,11H,3,9-10H2,1-2H3;5-9H,4H2,1-3H3;4-9H,3H2,1-2H3,(H,12,13);6*1-2H3. The van der Waals surface area contributed by atoms with Gasteiger partial charge in [0.2, 0.25) is 5.91 Å². The fraction of sp³-hybridized carbons (Fsp3) is 0.406. The summed E-state index contributed by atoms with van der Waals surface area (Å²) in [6.45, 7) is 51.7. The van der Waals surface area contributed by atoms with E-state index in [1.807, 2.05) is 234 Å². The molecule has 9 aromatic carbocycles. The molecule has 0 aliphatic rings. The number of aromatic amines is 1. The van der Waals surface area contributed by atoms with Gasteiger partial charge < -0.3 is 24.2 Å². The number of aromatic nitrogens is 1. The van der Waals surface area contributed by atoms with E-state index in [4.69, 9.17) is 13.9 Å². The van der Waals surface area contributed by atoms with Crippen molar-refractivity contribution < 1.29 is 28.3 Å². The fourth-order valence-corrected chi connectivity index (χ4v) is 11.6. The van der Waals surface area contributed by atoms with Crippen LogP contribution in [-0.2, 0) is 25.5 Å². The van der Waals surface area contributed by atoms with Gasteiger partial charge in [0, 0.05) is 70.8 Å². The van der Waals surface area contributed by atoms with E-state index in [0.29, 0.717) is 30.1 Å². The lowest BCUT2D eigenvalue weighted by Gasteiger charge is -2.19. The maximum Gasteiger partial charge on any atom is 0.316 e. The molecule has 2 N–H and O–H groups in total. The predicted molar refractivity (Wildman–Crippen MR) is 464 cm³/mol. The fourth-order valence-electron chi connectivity index (χ4n) is 10.3.